The average molecular weight is 263 g/mol. The van der Waals surface area contributed by atoms with Crippen LogP contribution in [0.3, 0.4) is 0 Å². The first-order chi connectivity index (χ1) is 8.82. The molecule has 0 bridgehead atoms. The minimum atomic E-state index is -0.578. The topological polar surface area (TPSA) is 49.3 Å². The van der Waals surface area contributed by atoms with Gasteiger partial charge in [-0.3, -0.25) is 4.79 Å². The van der Waals surface area contributed by atoms with E-state index in [0.717, 1.165) is 5.56 Å². The van der Waals surface area contributed by atoms with Gasteiger partial charge in [-0.15, -0.1) is 0 Å². The van der Waals surface area contributed by atoms with Gasteiger partial charge in [0.05, 0.1) is 18.6 Å². The van der Waals surface area contributed by atoms with E-state index >= 15 is 0 Å². The maximum absolute atomic E-state index is 11.9. The fourth-order valence-corrected chi connectivity index (χ4v) is 2.05. The lowest BCUT2D eigenvalue weighted by molar-refractivity contribution is -0.124. The fraction of sp³-hybridized carbons (Fsp3) is 0.562. The lowest BCUT2D eigenvalue weighted by Gasteiger charge is -2.20. The highest BCUT2D eigenvalue weighted by Gasteiger charge is 2.17. The number of rotatable bonds is 5. The summed E-state index contributed by atoms with van der Waals surface area (Å²) < 4.78 is 0. The molecule has 1 aromatic rings. The summed E-state index contributed by atoms with van der Waals surface area (Å²) in [5.74, 6) is -0.00336. The number of amides is 1. The largest absolute Gasteiger partial charge is 0.392 e. The molecule has 0 aliphatic carbocycles. The number of carbonyl (C=O) groups excluding carboxylic acids is 1. The summed E-state index contributed by atoms with van der Waals surface area (Å²) in [7, 11) is 0. The van der Waals surface area contributed by atoms with Crippen LogP contribution in [0.5, 0.6) is 0 Å². The summed E-state index contributed by atoms with van der Waals surface area (Å²) >= 11 is 0. The number of hydrogen-bond acceptors (Lipinski definition) is 2. The van der Waals surface area contributed by atoms with Gasteiger partial charge in [-0.1, -0.05) is 32.0 Å². The molecule has 3 heteroatoms. The first kappa shape index (κ1) is 15.7. The molecule has 0 aliphatic rings. The predicted octanol–water partition coefficient (Wildman–Crippen LogP) is 2.89. The Bertz CT molecular complexity index is 440. The zero-order chi connectivity index (χ0) is 14.6. The highest BCUT2D eigenvalue weighted by molar-refractivity contribution is 5.77. The molecule has 0 aromatic heterocycles. The highest BCUT2D eigenvalue weighted by atomic mass is 16.3. The molecule has 0 spiro atoms. The summed E-state index contributed by atoms with van der Waals surface area (Å²) in [4.78, 5) is 11.9. The van der Waals surface area contributed by atoms with Crippen molar-refractivity contribution in [1.82, 2.24) is 5.32 Å². The van der Waals surface area contributed by atoms with E-state index in [1.807, 2.05) is 32.9 Å². The number of aryl methyl sites for hydroxylation is 1. The Hall–Kier alpha value is -1.35. The molecule has 2 atom stereocenters. The molecule has 2 unspecified atom stereocenters. The number of aliphatic hydroxyl groups is 1. The Kier molecular flexibility index (Phi) is 5.55. The summed E-state index contributed by atoms with van der Waals surface area (Å²) in [6.07, 6.45) is -0.418. The van der Waals surface area contributed by atoms with E-state index in [0.29, 0.717) is 0 Å². The van der Waals surface area contributed by atoms with E-state index in [4.69, 9.17) is 0 Å². The molecule has 1 amide bonds. The Morgan fingerprint density at radius 3 is 2.47 bits per heavy atom. The van der Waals surface area contributed by atoms with Gasteiger partial charge in [-0.2, -0.15) is 0 Å². The van der Waals surface area contributed by atoms with Crippen LogP contribution in [0, 0.1) is 19.8 Å². The number of nitrogens with one attached hydrogen (secondary N) is 1. The van der Waals surface area contributed by atoms with Crippen LogP contribution in [0.1, 0.15) is 49.9 Å². The van der Waals surface area contributed by atoms with Crippen molar-refractivity contribution in [3.8, 4) is 0 Å². The van der Waals surface area contributed by atoms with Crippen LogP contribution in [0.2, 0.25) is 0 Å². The van der Waals surface area contributed by atoms with Gasteiger partial charge < -0.3 is 10.4 Å². The van der Waals surface area contributed by atoms with Crippen molar-refractivity contribution in [2.45, 2.75) is 53.2 Å². The second-order valence-electron chi connectivity index (χ2n) is 5.59. The van der Waals surface area contributed by atoms with Gasteiger partial charge in [0.2, 0.25) is 5.91 Å². The van der Waals surface area contributed by atoms with E-state index in [-0.39, 0.29) is 24.3 Å². The predicted molar refractivity (Wildman–Crippen MR) is 77.9 cm³/mol. The van der Waals surface area contributed by atoms with Crippen molar-refractivity contribution in [2.75, 3.05) is 0 Å². The van der Waals surface area contributed by atoms with Crippen LogP contribution >= 0.6 is 0 Å². The van der Waals surface area contributed by atoms with Crippen LogP contribution < -0.4 is 5.32 Å². The lowest BCUT2D eigenvalue weighted by Crippen LogP contribution is -2.31. The molecule has 106 valence electrons. The standard InChI is InChI=1S/C16H25NO2/c1-10(2)15(18)9-16(19)17-13(5)14-8-6-7-11(3)12(14)4/h6-8,10,13,15,18H,9H2,1-5H3,(H,17,19). The molecule has 0 aliphatic heterocycles. The average Bonchev–Trinajstić information content (AvgIpc) is 2.32. The zero-order valence-electron chi connectivity index (χ0n) is 12.5. The first-order valence-corrected chi connectivity index (χ1v) is 6.86. The summed E-state index contributed by atoms with van der Waals surface area (Å²) in [5, 5.41) is 12.7. The molecule has 1 rings (SSSR count). The Labute approximate surface area is 116 Å². The van der Waals surface area contributed by atoms with E-state index < -0.39 is 6.10 Å². The molecule has 0 saturated carbocycles. The maximum atomic E-state index is 11.9. The van der Waals surface area contributed by atoms with Crippen LogP contribution in [0.25, 0.3) is 0 Å². The van der Waals surface area contributed by atoms with Crippen LogP contribution in [-0.4, -0.2) is 17.1 Å². The Morgan fingerprint density at radius 1 is 1.26 bits per heavy atom. The van der Waals surface area contributed by atoms with Crippen molar-refractivity contribution in [3.63, 3.8) is 0 Å². The summed E-state index contributed by atoms with van der Waals surface area (Å²) in [6.45, 7) is 9.92. The van der Waals surface area contributed by atoms with Crippen molar-refractivity contribution in [2.24, 2.45) is 5.92 Å². The van der Waals surface area contributed by atoms with Crippen molar-refractivity contribution >= 4 is 5.91 Å². The summed E-state index contributed by atoms with van der Waals surface area (Å²) in [5.41, 5.74) is 3.56. The van der Waals surface area contributed by atoms with Gasteiger partial charge in [-0.25, -0.2) is 0 Å². The molecule has 0 heterocycles. The van der Waals surface area contributed by atoms with E-state index in [2.05, 4.69) is 25.2 Å². The van der Waals surface area contributed by atoms with Crippen LogP contribution in [-0.2, 0) is 4.79 Å². The molecule has 0 saturated heterocycles. The zero-order valence-corrected chi connectivity index (χ0v) is 12.5. The van der Waals surface area contributed by atoms with E-state index in [1.54, 1.807) is 0 Å². The summed E-state index contributed by atoms with van der Waals surface area (Å²) in [6, 6.07) is 6.07. The van der Waals surface area contributed by atoms with Gasteiger partial charge in [0, 0.05) is 0 Å². The molecular weight excluding hydrogens is 238 g/mol. The number of carbonyl (C=O) groups is 1. The quantitative estimate of drug-likeness (QED) is 0.858. The SMILES string of the molecule is Cc1cccc(C(C)NC(=O)CC(O)C(C)C)c1C. The van der Waals surface area contributed by atoms with Crippen molar-refractivity contribution < 1.29 is 9.90 Å². The molecular formula is C16H25NO2. The third-order valence-corrected chi connectivity index (χ3v) is 3.65. The van der Waals surface area contributed by atoms with Crippen LogP contribution in [0.4, 0.5) is 0 Å². The van der Waals surface area contributed by atoms with Gasteiger partial charge in [-0.05, 0) is 43.4 Å². The molecule has 3 nitrogen and oxygen atoms in total. The number of benzene rings is 1. The first-order valence-electron chi connectivity index (χ1n) is 6.86. The fourth-order valence-electron chi connectivity index (χ4n) is 2.05. The second kappa shape index (κ2) is 6.71. The third kappa shape index (κ3) is 4.35. The molecule has 0 radical (unpaired) electrons. The lowest BCUT2D eigenvalue weighted by atomic mass is 9.98. The van der Waals surface area contributed by atoms with Crippen molar-refractivity contribution in [3.05, 3.63) is 34.9 Å². The van der Waals surface area contributed by atoms with Gasteiger partial charge in [0.25, 0.3) is 0 Å². The van der Waals surface area contributed by atoms with Gasteiger partial charge >= 0.3 is 0 Å². The smallest absolute Gasteiger partial charge is 0.223 e. The monoisotopic (exact) mass is 263 g/mol. The highest BCUT2D eigenvalue weighted by Crippen LogP contribution is 2.20. The second-order valence-corrected chi connectivity index (χ2v) is 5.59. The minimum Gasteiger partial charge on any atom is -0.392 e. The molecule has 1 aromatic carbocycles. The van der Waals surface area contributed by atoms with Crippen molar-refractivity contribution in [1.29, 1.82) is 0 Å². The van der Waals surface area contributed by atoms with Gasteiger partial charge in [0.15, 0.2) is 0 Å². The normalized spacial score (nSPS) is 14.3. The van der Waals surface area contributed by atoms with Gasteiger partial charge in [0.1, 0.15) is 0 Å². The third-order valence-electron chi connectivity index (χ3n) is 3.65. The number of hydrogen-bond donors (Lipinski definition) is 2. The maximum Gasteiger partial charge on any atom is 0.223 e. The molecule has 19 heavy (non-hydrogen) atoms. The van der Waals surface area contributed by atoms with E-state index in [1.165, 1.54) is 11.1 Å². The number of aliphatic hydroxyl groups excluding tert-OH is 1. The Balaban J connectivity index is 2.67. The van der Waals surface area contributed by atoms with E-state index in [9.17, 15) is 9.90 Å². The molecule has 2 N–H and O–H groups in total. The minimum absolute atomic E-state index is 0.0354. The Morgan fingerprint density at radius 2 is 1.89 bits per heavy atom. The molecule has 0 fully saturated rings. The van der Waals surface area contributed by atoms with Crippen LogP contribution in [0.15, 0.2) is 18.2 Å².